The number of thiocarbonyl (C=S) groups is 1. The molecule has 0 saturated heterocycles. The fourth-order valence-electron chi connectivity index (χ4n) is 2.38. The lowest BCUT2D eigenvalue weighted by molar-refractivity contribution is -0.575. The molecule has 0 aliphatic heterocycles. The topological polar surface area (TPSA) is 36.1 Å². The lowest BCUT2D eigenvalue weighted by Crippen LogP contribution is -2.38. The molecule has 0 atom stereocenters. The van der Waals surface area contributed by atoms with Gasteiger partial charge in [0, 0.05) is 28.4 Å². The van der Waals surface area contributed by atoms with E-state index in [0.29, 0.717) is 21.3 Å². The standard InChI is InChI=1S/C20H15ClN2OS/c21-16-9-7-8-15(14-16)19(24)18(23-12-5-2-6-13-23)20(25)22-17-10-3-1-4-11-17/h1-14H,(H-,22,24,25)/p+1. The zero-order valence-electron chi connectivity index (χ0n) is 13.3. The van der Waals surface area contributed by atoms with Gasteiger partial charge in [0.25, 0.3) is 5.70 Å². The zero-order valence-corrected chi connectivity index (χ0v) is 14.8. The van der Waals surface area contributed by atoms with Gasteiger partial charge in [-0.1, -0.05) is 60.2 Å². The summed E-state index contributed by atoms with van der Waals surface area (Å²) in [4.78, 5) is 0.403. The van der Waals surface area contributed by atoms with Crippen molar-refractivity contribution in [2.24, 2.45) is 0 Å². The van der Waals surface area contributed by atoms with Gasteiger partial charge in [0.1, 0.15) is 0 Å². The number of aromatic nitrogens is 1. The lowest BCUT2D eigenvalue weighted by Gasteiger charge is -2.10. The Morgan fingerprint density at radius 2 is 1.60 bits per heavy atom. The Morgan fingerprint density at radius 1 is 0.920 bits per heavy atom. The molecule has 0 aliphatic rings. The number of aliphatic hydroxyl groups is 1. The van der Waals surface area contributed by atoms with Gasteiger partial charge in [-0.2, -0.15) is 4.57 Å². The average molecular weight is 368 g/mol. The second-order valence-electron chi connectivity index (χ2n) is 5.31. The monoisotopic (exact) mass is 367 g/mol. The van der Waals surface area contributed by atoms with Crippen LogP contribution in [0.5, 0.6) is 0 Å². The van der Waals surface area contributed by atoms with E-state index in [9.17, 15) is 5.11 Å². The van der Waals surface area contributed by atoms with Crippen LogP contribution < -0.4 is 9.88 Å². The third kappa shape index (κ3) is 4.24. The maximum Gasteiger partial charge on any atom is 0.288 e. The third-order valence-electron chi connectivity index (χ3n) is 3.54. The first-order valence-electron chi connectivity index (χ1n) is 7.67. The van der Waals surface area contributed by atoms with E-state index in [1.54, 1.807) is 28.8 Å². The summed E-state index contributed by atoms with van der Waals surface area (Å²) in [7, 11) is 0. The fraction of sp³-hybridized carbons (Fsp3) is 0. The molecule has 1 aromatic heterocycles. The minimum atomic E-state index is 0.0483. The molecule has 0 bridgehead atoms. The van der Waals surface area contributed by atoms with E-state index in [0.717, 1.165) is 5.69 Å². The lowest BCUT2D eigenvalue weighted by atomic mass is 10.1. The quantitative estimate of drug-likeness (QED) is 0.296. The molecule has 0 amide bonds. The first-order valence-corrected chi connectivity index (χ1v) is 8.46. The molecule has 2 N–H and O–H groups in total. The van der Waals surface area contributed by atoms with Crippen molar-refractivity contribution in [2.45, 2.75) is 0 Å². The molecule has 1 heterocycles. The summed E-state index contributed by atoms with van der Waals surface area (Å²) in [6.45, 7) is 0. The largest absolute Gasteiger partial charge is 0.502 e. The molecular weight excluding hydrogens is 352 g/mol. The Balaban J connectivity index is 2.07. The van der Waals surface area contributed by atoms with Gasteiger partial charge >= 0.3 is 0 Å². The molecule has 25 heavy (non-hydrogen) atoms. The number of pyridine rings is 1. The predicted molar refractivity (Wildman–Crippen MR) is 106 cm³/mol. The summed E-state index contributed by atoms with van der Waals surface area (Å²) in [6.07, 6.45) is 3.66. The van der Waals surface area contributed by atoms with E-state index in [-0.39, 0.29) is 5.76 Å². The number of rotatable bonds is 4. The van der Waals surface area contributed by atoms with Crippen LogP contribution >= 0.6 is 23.8 Å². The fourth-order valence-corrected chi connectivity index (χ4v) is 2.89. The van der Waals surface area contributed by atoms with Crippen molar-refractivity contribution in [3.63, 3.8) is 0 Å². The van der Waals surface area contributed by atoms with Crippen molar-refractivity contribution < 1.29 is 9.67 Å². The van der Waals surface area contributed by atoms with Gasteiger partial charge in [-0.15, -0.1) is 0 Å². The molecular formula is C20H16ClN2OS+. The highest BCUT2D eigenvalue weighted by atomic mass is 35.5. The van der Waals surface area contributed by atoms with Gasteiger partial charge < -0.3 is 10.4 Å². The normalized spacial score (nSPS) is 11.6. The Morgan fingerprint density at radius 3 is 2.28 bits per heavy atom. The summed E-state index contributed by atoms with van der Waals surface area (Å²) in [6, 6.07) is 22.3. The Kier molecular flexibility index (Phi) is 5.43. The van der Waals surface area contributed by atoms with E-state index in [1.807, 2.05) is 60.9 Å². The molecule has 0 unspecified atom stereocenters. The number of benzene rings is 2. The van der Waals surface area contributed by atoms with Crippen LogP contribution in [-0.4, -0.2) is 10.1 Å². The van der Waals surface area contributed by atoms with Gasteiger partial charge in [-0.25, -0.2) is 0 Å². The van der Waals surface area contributed by atoms with Crippen molar-refractivity contribution in [1.29, 1.82) is 0 Å². The van der Waals surface area contributed by atoms with Crippen molar-refractivity contribution in [3.05, 3.63) is 95.8 Å². The molecule has 0 saturated carbocycles. The number of para-hydroxylation sites is 1. The number of halogens is 1. The maximum atomic E-state index is 10.9. The highest BCUT2D eigenvalue weighted by Gasteiger charge is 2.23. The van der Waals surface area contributed by atoms with Gasteiger partial charge in [0.2, 0.25) is 0 Å². The molecule has 2 aromatic carbocycles. The third-order valence-corrected chi connectivity index (χ3v) is 4.07. The van der Waals surface area contributed by atoms with Gasteiger partial charge in [-0.3, -0.25) is 0 Å². The van der Waals surface area contributed by atoms with Crippen molar-refractivity contribution >= 4 is 46.0 Å². The highest BCUT2D eigenvalue weighted by molar-refractivity contribution is 7.81. The second kappa shape index (κ2) is 7.92. The van der Waals surface area contributed by atoms with Crippen LogP contribution in [0.3, 0.4) is 0 Å². The van der Waals surface area contributed by atoms with E-state index in [2.05, 4.69) is 5.32 Å². The van der Waals surface area contributed by atoms with Crippen LogP contribution in [0, 0.1) is 0 Å². The first-order chi connectivity index (χ1) is 12.1. The maximum absolute atomic E-state index is 10.9. The molecule has 3 nitrogen and oxygen atoms in total. The first kappa shape index (κ1) is 17.1. The number of nitrogens with one attached hydrogen (secondary N) is 1. The van der Waals surface area contributed by atoms with Crippen LogP contribution in [-0.2, 0) is 0 Å². The van der Waals surface area contributed by atoms with Crippen LogP contribution in [0.15, 0.2) is 85.2 Å². The molecule has 5 heteroatoms. The van der Waals surface area contributed by atoms with E-state index in [4.69, 9.17) is 23.8 Å². The number of anilines is 1. The molecule has 0 fully saturated rings. The molecule has 0 radical (unpaired) electrons. The summed E-state index contributed by atoms with van der Waals surface area (Å²) in [5.74, 6) is 0.0483. The van der Waals surface area contributed by atoms with Crippen LogP contribution in [0.4, 0.5) is 5.69 Å². The van der Waals surface area contributed by atoms with Gasteiger partial charge in [0.15, 0.2) is 23.1 Å². The minimum absolute atomic E-state index is 0.0483. The van der Waals surface area contributed by atoms with Crippen LogP contribution in [0.2, 0.25) is 5.02 Å². The predicted octanol–water partition coefficient (Wildman–Crippen LogP) is 4.95. The van der Waals surface area contributed by atoms with Gasteiger partial charge in [0.05, 0.1) is 0 Å². The molecule has 0 aliphatic carbocycles. The number of aliphatic hydroxyl groups excluding tert-OH is 1. The Bertz CT molecular complexity index is 911. The molecule has 3 rings (SSSR count). The van der Waals surface area contributed by atoms with E-state index in [1.165, 1.54) is 0 Å². The van der Waals surface area contributed by atoms with E-state index >= 15 is 0 Å². The summed E-state index contributed by atoms with van der Waals surface area (Å²) >= 11 is 11.6. The smallest absolute Gasteiger partial charge is 0.288 e. The summed E-state index contributed by atoms with van der Waals surface area (Å²) in [5.41, 5.74) is 1.92. The Labute approximate surface area is 156 Å². The second-order valence-corrected chi connectivity index (χ2v) is 6.16. The summed E-state index contributed by atoms with van der Waals surface area (Å²) in [5, 5.41) is 14.6. The number of hydrogen-bond acceptors (Lipinski definition) is 2. The van der Waals surface area contributed by atoms with Crippen molar-refractivity contribution in [1.82, 2.24) is 0 Å². The SMILES string of the molecule is O/C(=C(\C(=S)Nc1ccccc1)[n+]1ccccc1)c1cccc(Cl)c1. The zero-order chi connectivity index (χ0) is 17.6. The molecule has 0 spiro atoms. The van der Waals surface area contributed by atoms with E-state index < -0.39 is 0 Å². The van der Waals surface area contributed by atoms with Crippen LogP contribution in [0.25, 0.3) is 11.5 Å². The Hall–Kier alpha value is -2.69. The van der Waals surface area contributed by atoms with Crippen LogP contribution in [0.1, 0.15) is 5.56 Å². The number of nitrogens with zero attached hydrogens (tertiary/aromatic N) is 1. The molecule has 124 valence electrons. The average Bonchev–Trinajstić information content (AvgIpc) is 2.63. The van der Waals surface area contributed by atoms with Crippen molar-refractivity contribution in [2.75, 3.05) is 5.32 Å². The van der Waals surface area contributed by atoms with Gasteiger partial charge in [-0.05, 0) is 24.3 Å². The molecule has 3 aromatic rings. The van der Waals surface area contributed by atoms with Crippen molar-refractivity contribution in [3.8, 4) is 0 Å². The minimum Gasteiger partial charge on any atom is -0.502 e. The highest BCUT2D eigenvalue weighted by Crippen LogP contribution is 2.21. The number of hydrogen-bond donors (Lipinski definition) is 2. The summed E-state index contributed by atoms with van der Waals surface area (Å²) < 4.78 is 1.77.